The predicted octanol–water partition coefficient (Wildman–Crippen LogP) is 3.24. The summed E-state index contributed by atoms with van der Waals surface area (Å²) in [5, 5.41) is 0. The molecule has 1 unspecified atom stereocenters. The predicted molar refractivity (Wildman–Crippen MR) is 92.1 cm³/mol. The minimum atomic E-state index is 0.0721. The van der Waals surface area contributed by atoms with Gasteiger partial charge in [-0.15, -0.1) is 0 Å². The van der Waals surface area contributed by atoms with Gasteiger partial charge in [0, 0.05) is 25.6 Å². The molecule has 1 heterocycles. The monoisotopic (exact) mass is 322 g/mol. The first-order chi connectivity index (χ1) is 11.2. The normalized spacial score (nSPS) is 28.1. The second kappa shape index (κ2) is 7.98. The van der Waals surface area contributed by atoms with Gasteiger partial charge in [-0.1, -0.05) is 32.1 Å². The van der Waals surface area contributed by atoms with E-state index in [9.17, 15) is 4.79 Å². The Kier molecular flexibility index (Phi) is 5.97. The molecular weight excluding hydrogens is 288 g/mol. The largest absolute Gasteiger partial charge is 0.376 e. The number of rotatable bonds is 6. The van der Waals surface area contributed by atoms with Gasteiger partial charge in [0.15, 0.2) is 0 Å². The molecular formula is C19H34N2O2. The molecule has 2 saturated carbocycles. The van der Waals surface area contributed by atoms with Crippen molar-refractivity contribution in [3.05, 3.63) is 0 Å². The van der Waals surface area contributed by atoms with E-state index in [-0.39, 0.29) is 11.5 Å². The van der Waals surface area contributed by atoms with Gasteiger partial charge in [-0.3, -0.25) is 4.79 Å². The van der Waals surface area contributed by atoms with Gasteiger partial charge in [0.1, 0.15) is 0 Å². The Balaban J connectivity index is 1.65. The van der Waals surface area contributed by atoms with Crippen LogP contribution in [0.2, 0.25) is 0 Å². The third-order valence-electron chi connectivity index (χ3n) is 6.38. The van der Waals surface area contributed by atoms with Crippen LogP contribution < -0.4 is 5.73 Å². The molecule has 0 aromatic heterocycles. The van der Waals surface area contributed by atoms with E-state index in [0.29, 0.717) is 24.9 Å². The summed E-state index contributed by atoms with van der Waals surface area (Å²) in [6.07, 6.45) is 14.1. The van der Waals surface area contributed by atoms with Crippen molar-refractivity contribution in [3.8, 4) is 0 Å². The number of carbonyl (C=O) groups is 1. The van der Waals surface area contributed by atoms with Gasteiger partial charge in [0.2, 0.25) is 5.91 Å². The number of amides is 1. The highest BCUT2D eigenvalue weighted by atomic mass is 16.5. The minimum absolute atomic E-state index is 0.0721. The van der Waals surface area contributed by atoms with Crippen LogP contribution in [0.15, 0.2) is 0 Å². The lowest BCUT2D eigenvalue weighted by Crippen LogP contribution is -2.47. The molecule has 3 rings (SSSR count). The van der Waals surface area contributed by atoms with E-state index < -0.39 is 0 Å². The number of nitrogens with two attached hydrogens (primary N) is 1. The Morgan fingerprint density at radius 3 is 2.39 bits per heavy atom. The van der Waals surface area contributed by atoms with Gasteiger partial charge in [0.25, 0.3) is 0 Å². The summed E-state index contributed by atoms with van der Waals surface area (Å²) in [6, 6.07) is 0.449. The van der Waals surface area contributed by atoms with E-state index in [1.165, 1.54) is 44.9 Å². The summed E-state index contributed by atoms with van der Waals surface area (Å²) in [5.74, 6) is 0.347. The molecule has 1 amide bonds. The molecule has 0 aromatic rings. The molecule has 0 aromatic carbocycles. The van der Waals surface area contributed by atoms with E-state index in [4.69, 9.17) is 10.5 Å². The third-order valence-corrected chi connectivity index (χ3v) is 6.38. The van der Waals surface area contributed by atoms with Crippen LogP contribution in [0.4, 0.5) is 0 Å². The Morgan fingerprint density at radius 2 is 1.78 bits per heavy atom. The molecule has 3 aliphatic rings. The SMILES string of the molecule is NCC1(CC(=O)N(CC2CCCO2)C2CCCC2)CCCCC1. The van der Waals surface area contributed by atoms with Gasteiger partial charge in [-0.25, -0.2) is 0 Å². The average Bonchev–Trinajstić information content (AvgIpc) is 3.27. The number of ether oxygens (including phenoxy) is 1. The van der Waals surface area contributed by atoms with E-state index in [1.54, 1.807) is 0 Å². The van der Waals surface area contributed by atoms with Crippen LogP contribution in [0.25, 0.3) is 0 Å². The number of hydrogen-bond acceptors (Lipinski definition) is 3. The second-order valence-electron chi connectivity index (χ2n) is 8.06. The van der Waals surface area contributed by atoms with Crippen LogP contribution in [0.1, 0.15) is 77.0 Å². The lowest BCUT2D eigenvalue weighted by molar-refractivity contribution is -0.138. The average molecular weight is 322 g/mol. The zero-order chi connectivity index (χ0) is 16.1. The molecule has 1 aliphatic heterocycles. The molecule has 0 bridgehead atoms. The Hall–Kier alpha value is -0.610. The van der Waals surface area contributed by atoms with Crippen LogP contribution in [0, 0.1) is 5.41 Å². The van der Waals surface area contributed by atoms with Crippen LogP contribution in [-0.4, -0.2) is 42.6 Å². The summed E-state index contributed by atoms with van der Waals surface area (Å²) in [6.45, 7) is 2.34. The molecule has 0 spiro atoms. The van der Waals surface area contributed by atoms with Crippen LogP contribution >= 0.6 is 0 Å². The standard InChI is InChI=1S/C19H34N2O2/c20-15-19(10-4-1-5-11-19)13-18(22)21(16-7-2-3-8-16)14-17-9-6-12-23-17/h16-17H,1-15,20H2. The fourth-order valence-electron chi connectivity index (χ4n) is 4.86. The lowest BCUT2D eigenvalue weighted by atomic mass is 9.71. The molecule has 1 atom stereocenters. The van der Waals surface area contributed by atoms with Gasteiger partial charge in [-0.2, -0.15) is 0 Å². The molecule has 132 valence electrons. The van der Waals surface area contributed by atoms with Gasteiger partial charge in [-0.05, 0) is 50.5 Å². The summed E-state index contributed by atoms with van der Waals surface area (Å²) < 4.78 is 5.82. The smallest absolute Gasteiger partial charge is 0.223 e. The van der Waals surface area contributed by atoms with Crippen molar-refractivity contribution in [2.45, 2.75) is 89.2 Å². The topological polar surface area (TPSA) is 55.6 Å². The molecule has 2 aliphatic carbocycles. The Labute approximate surface area is 141 Å². The molecule has 2 N–H and O–H groups in total. The summed E-state index contributed by atoms with van der Waals surface area (Å²) in [5.41, 5.74) is 6.18. The highest BCUT2D eigenvalue weighted by molar-refractivity contribution is 5.77. The van der Waals surface area contributed by atoms with Crippen molar-refractivity contribution in [1.82, 2.24) is 4.90 Å². The van der Waals surface area contributed by atoms with Crippen molar-refractivity contribution in [2.24, 2.45) is 11.1 Å². The summed E-state index contributed by atoms with van der Waals surface area (Å²) in [4.78, 5) is 15.4. The lowest BCUT2D eigenvalue weighted by Gasteiger charge is -2.39. The van der Waals surface area contributed by atoms with E-state index in [2.05, 4.69) is 4.90 Å². The second-order valence-corrected chi connectivity index (χ2v) is 8.06. The molecule has 0 radical (unpaired) electrons. The number of carbonyl (C=O) groups excluding carboxylic acids is 1. The van der Waals surface area contributed by atoms with Crippen LogP contribution in [0.5, 0.6) is 0 Å². The first-order valence-electron chi connectivity index (χ1n) is 9.84. The zero-order valence-electron chi connectivity index (χ0n) is 14.6. The van der Waals surface area contributed by atoms with Crippen molar-refractivity contribution < 1.29 is 9.53 Å². The molecule has 4 heteroatoms. The van der Waals surface area contributed by atoms with Crippen molar-refractivity contribution in [1.29, 1.82) is 0 Å². The number of nitrogens with zero attached hydrogens (tertiary/aromatic N) is 1. The highest BCUT2D eigenvalue weighted by Gasteiger charge is 2.37. The first-order valence-corrected chi connectivity index (χ1v) is 9.84. The van der Waals surface area contributed by atoms with Gasteiger partial charge in [0.05, 0.1) is 6.10 Å². The van der Waals surface area contributed by atoms with Gasteiger partial charge < -0.3 is 15.4 Å². The maximum absolute atomic E-state index is 13.2. The Bertz CT molecular complexity index is 381. The molecule has 1 saturated heterocycles. The third kappa shape index (κ3) is 4.27. The molecule has 3 fully saturated rings. The number of hydrogen-bond donors (Lipinski definition) is 1. The Morgan fingerprint density at radius 1 is 1.04 bits per heavy atom. The fraction of sp³-hybridized carbons (Fsp3) is 0.947. The summed E-state index contributed by atoms with van der Waals surface area (Å²) >= 11 is 0. The van der Waals surface area contributed by atoms with E-state index in [1.807, 2.05) is 0 Å². The van der Waals surface area contributed by atoms with Crippen LogP contribution in [0.3, 0.4) is 0 Å². The minimum Gasteiger partial charge on any atom is -0.376 e. The maximum Gasteiger partial charge on any atom is 0.223 e. The highest BCUT2D eigenvalue weighted by Crippen LogP contribution is 2.39. The maximum atomic E-state index is 13.2. The van der Waals surface area contributed by atoms with E-state index >= 15 is 0 Å². The first kappa shape index (κ1) is 17.2. The van der Waals surface area contributed by atoms with Crippen molar-refractivity contribution >= 4 is 5.91 Å². The van der Waals surface area contributed by atoms with Crippen LogP contribution in [-0.2, 0) is 9.53 Å². The molecule has 4 nitrogen and oxygen atoms in total. The quantitative estimate of drug-likeness (QED) is 0.817. The molecule has 23 heavy (non-hydrogen) atoms. The summed E-state index contributed by atoms with van der Waals surface area (Å²) in [7, 11) is 0. The van der Waals surface area contributed by atoms with Gasteiger partial charge >= 0.3 is 0 Å². The van der Waals surface area contributed by atoms with Crippen molar-refractivity contribution in [3.63, 3.8) is 0 Å². The zero-order valence-corrected chi connectivity index (χ0v) is 14.6. The van der Waals surface area contributed by atoms with Crippen molar-refractivity contribution in [2.75, 3.05) is 19.7 Å². The van der Waals surface area contributed by atoms with E-state index in [0.717, 1.165) is 38.8 Å². The fourth-order valence-corrected chi connectivity index (χ4v) is 4.86.